The van der Waals surface area contributed by atoms with Crippen molar-refractivity contribution in [3.63, 3.8) is 0 Å². The Morgan fingerprint density at radius 3 is 2.34 bits per heavy atom. The molecule has 0 atom stereocenters. The molecule has 1 aromatic heterocycles. The Labute approximate surface area is 203 Å². The number of nitrogens with one attached hydrogen (secondary N) is 2. The fraction of sp³-hybridized carbons (Fsp3) is 0.185. The largest absolute Gasteiger partial charge is 0.497 e. The molecule has 4 aromatic rings. The number of anilines is 1. The van der Waals surface area contributed by atoms with E-state index in [2.05, 4.69) is 20.8 Å². The van der Waals surface area contributed by atoms with Crippen LogP contribution >= 0.6 is 0 Å². The van der Waals surface area contributed by atoms with Crippen LogP contribution in [0, 0.1) is 13.8 Å². The highest BCUT2D eigenvalue weighted by Crippen LogP contribution is 2.29. The maximum atomic E-state index is 13.0. The van der Waals surface area contributed by atoms with E-state index in [1.165, 1.54) is 6.92 Å². The first-order valence-corrected chi connectivity index (χ1v) is 11.1. The summed E-state index contributed by atoms with van der Waals surface area (Å²) in [6, 6.07) is 18.6. The van der Waals surface area contributed by atoms with Gasteiger partial charge in [0.1, 0.15) is 5.75 Å². The average molecular weight is 471 g/mol. The number of hydrogen-bond donors (Lipinski definition) is 2. The Hall–Kier alpha value is -4.46. The first-order valence-electron chi connectivity index (χ1n) is 11.1. The predicted octanol–water partition coefficient (Wildman–Crippen LogP) is 4.92. The van der Waals surface area contributed by atoms with Gasteiger partial charge in [0.2, 0.25) is 17.7 Å². The third-order valence-corrected chi connectivity index (χ3v) is 5.56. The third-order valence-electron chi connectivity index (χ3n) is 5.56. The Kier molecular flexibility index (Phi) is 6.91. The van der Waals surface area contributed by atoms with Crippen LogP contribution < -0.4 is 15.4 Å². The summed E-state index contributed by atoms with van der Waals surface area (Å²) in [5.74, 6) is 1.21. The van der Waals surface area contributed by atoms with Crippen LogP contribution in [0.25, 0.3) is 22.6 Å². The van der Waals surface area contributed by atoms with Crippen molar-refractivity contribution in [1.29, 1.82) is 0 Å². The lowest BCUT2D eigenvalue weighted by Gasteiger charge is -2.14. The van der Waals surface area contributed by atoms with Crippen molar-refractivity contribution in [2.24, 2.45) is 0 Å². The molecule has 0 aliphatic heterocycles. The van der Waals surface area contributed by atoms with E-state index in [9.17, 15) is 9.59 Å². The summed E-state index contributed by atoms with van der Waals surface area (Å²) >= 11 is 0. The second-order valence-corrected chi connectivity index (χ2v) is 8.12. The van der Waals surface area contributed by atoms with Crippen molar-refractivity contribution >= 4 is 17.5 Å². The Bertz CT molecular complexity index is 1380. The predicted molar refractivity (Wildman–Crippen MR) is 133 cm³/mol. The first kappa shape index (κ1) is 23.7. The molecule has 3 aromatic carbocycles. The molecule has 0 saturated carbocycles. The highest BCUT2D eigenvalue weighted by atomic mass is 16.5. The molecule has 35 heavy (non-hydrogen) atoms. The van der Waals surface area contributed by atoms with Gasteiger partial charge in [0, 0.05) is 37.2 Å². The maximum absolute atomic E-state index is 13.0. The lowest BCUT2D eigenvalue weighted by molar-refractivity contribution is -0.119. The number of benzene rings is 3. The van der Waals surface area contributed by atoms with Crippen LogP contribution in [-0.4, -0.2) is 29.1 Å². The smallest absolute Gasteiger partial charge is 0.255 e. The van der Waals surface area contributed by atoms with Crippen molar-refractivity contribution in [2.45, 2.75) is 27.3 Å². The zero-order chi connectivity index (χ0) is 24.9. The van der Waals surface area contributed by atoms with Gasteiger partial charge in [-0.25, -0.2) is 0 Å². The van der Waals surface area contributed by atoms with Crippen molar-refractivity contribution < 1.29 is 18.7 Å². The molecule has 0 unspecified atom stereocenters. The molecular weight excluding hydrogens is 444 g/mol. The summed E-state index contributed by atoms with van der Waals surface area (Å²) in [6.45, 7) is 5.50. The van der Waals surface area contributed by atoms with Gasteiger partial charge < -0.3 is 19.8 Å². The quantitative estimate of drug-likeness (QED) is 0.397. The van der Waals surface area contributed by atoms with Crippen LogP contribution in [0.2, 0.25) is 0 Å². The third kappa shape index (κ3) is 5.55. The zero-order valence-corrected chi connectivity index (χ0v) is 20.0. The van der Waals surface area contributed by atoms with E-state index >= 15 is 0 Å². The number of amides is 2. The van der Waals surface area contributed by atoms with Gasteiger partial charge in [0.15, 0.2) is 0 Å². The topological polar surface area (TPSA) is 106 Å². The molecule has 0 aliphatic carbocycles. The Balaban J connectivity index is 1.55. The number of methoxy groups -OCH3 is 1. The second kappa shape index (κ2) is 10.2. The normalized spacial score (nSPS) is 10.6. The van der Waals surface area contributed by atoms with Crippen LogP contribution in [0.15, 0.2) is 65.1 Å². The molecule has 0 fully saturated rings. The van der Waals surface area contributed by atoms with Crippen LogP contribution in [-0.2, 0) is 11.3 Å². The van der Waals surface area contributed by atoms with Gasteiger partial charge in [-0.05, 0) is 71.6 Å². The molecule has 8 heteroatoms. The minimum atomic E-state index is -0.252. The van der Waals surface area contributed by atoms with E-state index in [4.69, 9.17) is 9.15 Å². The molecule has 2 N–H and O–H groups in total. The zero-order valence-electron chi connectivity index (χ0n) is 20.0. The number of nitrogens with zero attached hydrogens (tertiary/aromatic N) is 2. The van der Waals surface area contributed by atoms with Crippen LogP contribution in [0.4, 0.5) is 5.69 Å². The van der Waals surface area contributed by atoms with Gasteiger partial charge in [-0.2, -0.15) is 0 Å². The number of carbonyl (C=O) groups is 2. The minimum Gasteiger partial charge on any atom is -0.497 e. The molecule has 1 heterocycles. The van der Waals surface area contributed by atoms with Gasteiger partial charge in [-0.1, -0.05) is 18.2 Å². The fourth-order valence-electron chi connectivity index (χ4n) is 3.66. The Morgan fingerprint density at radius 2 is 1.69 bits per heavy atom. The van der Waals surface area contributed by atoms with E-state index in [1.807, 2.05) is 37.3 Å². The van der Waals surface area contributed by atoms with E-state index in [0.717, 1.165) is 27.8 Å². The monoisotopic (exact) mass is 470 g/mol. The molecule has 0 spiro atoms. The summed E-state index contributed by atoms with van der Waals surface area (Å²) in [7, 11) is 1.57. The highest BCUT2D eigenvalue weighted by Gasteiger charge is 2.13. The lowest BCUT2D eigenvalue weighted by atomic mass is 9.97. The standard InChI is InChI=1S/C27H26N4O4/c1-16-5-6-21(27-31-30-18(3)35-27)14-24(16)19-7-9-20(10-8-19)26(33)29-25-12-11-23(34-4)13-22(25)15-28-17(2)32/h5-14H,15H2,1-4H3,(H,28,32)(H,29,33). The van der Waals surface area contributed by atoms with Crippen molar-refractivity contribution in [2.75, 3.05) is 12.4 Å². The summed E-state index contributed by atoms with van der Waals surface area (Å²) in [5.41, 5.74) is 5.75. The Morgan fingerprint density at radius 1 is 0.943 bits per heavy atom. The molecule has 2 amide bonds. The number of hydrogen-bond acceptors (Lipinski definition) is 6. The second-order valence-electron chi connectivity index (χ2n) is 8.12. The number of carbonyl (C=O) groups excluding carboxylic acids is 2. The van der Waals surface area contributed by atoms with Crippen LogP contribution in [0.3, 0.4) is 0 Å². The number of ether oxygens (including phenoxy) is 1. The molecule has 0 saturated heterocycles. The van der Waals surface area contributed by atoms with Crippen LogP contribution in [0.5, 0.6) is 5.75 Å². The SMILES string of the molecule is COc1ccc(NC(=O)c2ccc(-c3cc(-c4nnc(C)o4)ccc3C)cc2)c(CNC(C)=O)c1. The summed E-state index contributed by atoms with van der Waals surface area (Å²) in [6.07, 6.45) is 0. The number of aromatic nitrogens is 2. The number of aryl methyl sites for hydroxylation is 2. The van der Waals surface area contributed by atoms with E-state index in [1.54, 1.807) is 44.4 Å². The van der Waals surface area contributed by atoms with Gasteiger partial charge in [0.05, 0.1) is 7.11 Å². The lowest BCUT2D eigenvalue weighted by Crippen LogP contribution is -2.21. The maximum Gasteiger partial charge on any atom is 0.255 e. The molecule has 8 nitrogen and oxygen atoms in total. The van der Waals surface area contributed by atoms with Gasteiger partial charge in [-0.3, -0.25) is 9.59 Å². The van der Waals surface area contributed by atoms with Crippen molar-refractivity contribution in [3.05, 3.63) is 83.2 Å². The summed E-state index contributed by atoms with van der Waals surface area (Å²) < 4.78 is 10.8. The summed E-state index contributed by atoms with van der Waals surface area (Å²) in [5, 5.41) is 13.7. The first-order chi connectivity index (χ1) is 16.8. The van der Waals surface area contributed by atoms with Gasteiger partial charge in [0.25, 0.3) is 5.91 Å². The van der Waals surface area contributed by atoms with E-state index < -0.39 is 0 Å². The molecular formula is C27H26N4O4. The van der Waals surface area contributed by atoms with E-state index in [0.29, 0.717) is 28.8 Å². The molecule has 4 rings (SSSR count). The van der Waals surface area contributed by atoms with E-state index in [-0.39, 0.29) is 18.4 Å². The minimum absolute atomic E-state index is 0.158. The van der Waals surface area contributed by atoms with Crippen LogP contribution in [0.1, 0.15) is 34.3 Å². The average Bonchev–Trinajstić information content (AvgIpc) is 3.30. The molecule has 178 valence electrons. The highest BCUT2D eigenvalue weighted by molar-refractivity contribution is 6.05. The summed E-state index contributed by atoms with van der Waals surface area (Å²) in [4.78, 5) is 24.3. The van der Waals surface area contributed by atoms with Crippen molar-refractivity contribution in [3.8, 4) is 28.3 Å². The number of rotatable bonds is 7. The van der Waals surface area contributed by atoms with Crippen molar-refractivity contribution in [1.82, 2.24) is 15.5 Å². The van der Waals surface area contributed by atoms with Gasteiger partial charge in [-0.15, -0.1) is 10.2 Å². The molecule has 0 radical (unpaired) electrons. The molecule has 0 bridgehead atoms. The fourth-order valence-corrected chi connectivity index (χ4v) is 3.66. The molecule has 0 aliphatic rings. The van der Waals surface area contributed by atoms with Gasteiger partial charge >= 0.3 is 0 Å².